The van der Waals surface area contributed by atoms with Crippen LogP contribution in [0.15, 0.2) is 42.0 Å². The fraction of sp³-hybridized carbons (Fsp3) is 0.357. The van der Waals surface area contributed by atoms with Crippen molar-refractivity contribution < 1.29 is 0 Å². The predicted octanol–water partition coefficient (Wildman–Crippen LogP) is 2.78. The Morgan fingerprint density at radius 2 is 2.12 bits per heavy atom. The average Bonchev–Trinajstić information content (AvgIpc) is 2.38. The fourth-order valence-electron chi connectivity index (χ4n) is 2.05. The van der Waals surface area contributed by atoms with E-state index in [1.54, 1.807) is 0 Å². The summed E-state index contributed by atoms with van der Waals surface area (Å²) >= 11 is 0. The zero-order valence-electron chi connectivity index (χ0n) is 9.32. The Morgan fingerprint density at radius 3 is 2.88 bits per heavy atom. The largest absolute Gasteiger partial charge is 0.305 e. The minimum Gasteiger partial charge on any atom is -0.305 e. The summed E-state index contributed by atoms with van der Waals surface area (Å²) in [4.78, 5) is 0. The molecule has 0 unspecified atom stereocenters. The third-order valence-electron chi connectivity index (χ3n) is 2.96. The summed E-state index contributed by atoms with van der Waals surface area (Å²) in [6.45, 7) is 0.838. The molecule has 1 aliphatic carbocycles. The summed E-state index contributed by atoms with van der Waals surface area (Å²) in [5, 5.41) is 12.4. The van der Waals surface area contributed by atoms with Gasteiger partial charge >= 0.3 is 0 Å². The van der Waals surface area contributed by atoms with Crippen LogP contribution in [0.1, 0.15) is 24.8 Å². The monoisotopic (exact) mass is 212 g/mol. The molecule has 2 nitrogen and oxygen atoms in total. The molecule has 0 radical (unpaired) electrons. The Morgan fingerprint density at radius 1 is 1.31 bits per heavy atom. The highest BCUT2D eigenvalue weighted by Crippen LogP contribution is 2.18. The second-order valence-corrected chi connectivity index (χ2v) is 4.12. The maximum Gasteiger partial charge on any atom is 0.0960 e. The summed E-state index contributed by atoms with van der Waals surface area (Å²) in [6.07, 6.45) is 5.36. The van der Waals surface area contributed by atoms with E-state index in [4.69, 9.17) is 5.26 Å². The highest BCUT2D eigenvalue weighted by molar-refractivity contribution is 5.28. The van der Waals surface area contributed by atoms with Gasteiger partial charge in [0.15, 0.2) is 0 Å². The van der Waals surface area contributed by atoms with E-state index in [-0.39, 0.29) is 6.04 Å². The number of hydrogen-bond donors (Lipinski definition) is 1. The first-order chi connectivity index (χ1) is 7.90. The van der Waals surface area contributed by atoms with Crippen LogP contribution in [0.4, 0.5) is 0 Å². The molecular weight excluding hydrogens is 196 g/mol. The Kier molecular flexibility index (Phi) is 3.74. The molecule has 1 N–H and O–H groups in total. The van der Waals surface area contributed by atoms with Gasteiger partial charge < -0.3 is 5.32 Å². The summed E-state index contributed by atoms with van der Waals surface area (Å²) in [5.74, 6) is 0. The molecule has 2 heteroatoms. The third kappa shape index (κ3) is 2.71. The maximum atomic E-state index is 9.00. The third-order valence-corrected chi connectivity index (χ3v) is 2.96. The molecule has 0 saturated heterocycles. The summed E-state index contributed by atoms with van der Waals surface area (Å²) in [6, 6.07) is 12.8. The van der Waals surface area contributed by atoms with Gasteiger partial charge in [0, 0.05) is 18.2 Å². The minimum absolute atomic E-state index is 0.249. The predicted molar refractivity (Wildman–Crippen MR) is 64.6 cm³/mol. The molecule has 1 aliphatic rings. The van der Waals surface area contributed by atoms with E-state index < -0.39 is 0 Å². The fourth-order valence-corrected chi connectivity index (χ4v) is 2.05. The topological polar surface area (TPSA) is 35.8 Å². The second kappa shape index (κ2) is 5.48. The van der Waals surface area contributed by atoms with Crippen molar-refractivity contribution in [3.8, 4) is 6.07 Å². The molecule has 0 aliphatic heterocycles. The van der Waals surface area contributed by atoms with Crippen molar-refractivity contribution in [2.45, 2.75) is 31.8 Å². The highest BCUT2D eigenvalue weighted by atomic mass is 14.9. The molecule has 1 aromatic rings. The second-order valence-electron chi connectivity index (χ2n) is 4.12. The van der Waals surface area contributed by atoms with Gasteiger partial charge in [0.25, 0.3) is 0 Å². The Hall–Kier alpha value is -1.59. The van der Waals surface area contributed by atoms with Crippen molar-refractivity contribution in [1.82, 2.24) is 5.32 Å². The van der Waals surface area contributed by atoms with E-state index in [9.17, 15) is 0 Å². The van der Waals surface area contributed by atoms with Crippen LogP contribution in [0, 0.1) is 11.3 Å². The van der Waals surface area contributed by atoms with Gasteiger partial charge in [0.1, 0.15) is 0 Å². The van der Waals surface area contributed by atoms with Crippen molar-refractivity contribution in [2.75, 3.05) is 0 Å². The first kappa shape index (κ1) is 10.9. The van der Waals surface area contributed by atoms with Gasteiger partial charge in [0.2, 0.25) is 0 Å². The number of rotatable bonds is 3. The van der Waals surface area contributed by atoms with Crippen molar-refractivity contribution in [3.05, 3.63) is 47.5 Å². The smallest absolute Gasteiger partial charge is 0.0960 e. The Labute approximate surface area is 96.6 Å². The minimum atomic E-state index is 0.249. The number of benzene rings is 1. The van der Waals surface area contributed by atoms with Gasteiger partial charge in [-0.2, -0.15) is 5.26 Å². The summed E-state index contributed by atoms with van der Waals surface area (Å²) in [7, 11) is 0. The molecule has 0 amide bonds. The van der Waals surface area contributed by atoms with Crippen LogP contribution in [0.25, 0.3) is 0 Å². The van der Waals surface area contributed by atoms with Gasteiger partial charge in [-0.3, -0.25) is 0 Å². The van der Waals surface area contributed by atoms with E-state index >= 15 is 0 Å². The first-order valence-corrected chi connectivity index (χ1v) is 5.77. The van der Waals surface area contributed by atoms with Crippen LogP contribution in [0.2, 0.25) is 0 Å². The lowest BCUT2D eigenvalue weighted by Gasteiger charge is -2.21. The van der Waals surface area contributed by atoms with Crippen molar-refractivity contribution in [1.29, 1.82) is 5.26 Å². The van der Waals surface area contributed by atoms with Crippen LogP contribution in [-0.4, -0.2) is 6.04 Å². The lowest BCUT2D eigenvalue weighted by Crippen LogP contribution is -2.31. The molecule has 2 rings (SSSR count). The van der Waals surface area contributed by atoms with Crippen molar-refractivity contribution in [2.24, 2.45) is 0 Å². The molecule has 0 saturated carbocycles. The molecule has 0 fully saturated rings. The molecule has 0 aromatic heterocycles. The van der Waals surface area contributed by atoms with E-state index in [0.717, 1.165) is 25.0 Å². The van der Waals surface area contributed by atoms with Crippen LogP contribution in [-0.2, 0) is 6.54 Å². The highest BCUT2D eigenvalue weighted by Gasteiger charge is 2.16. The van der Waals surface area contributed by atoms with E-state index in [1.807, 2.05) is 18.2 Å². The van der Waals surface area contributed by atoms with Gasteiger partial charge in [-0.15, -0.1) is 0 Å². The van der Waals surface area contributed by atoms with Gasteiger partial charge in [-0.25, -0.2) is 0 Å². The van der Waals surface area contributed by atoms with Crippen molar-refractivity contribution >= 4 is 0 Å². The lowest BCUT2D eigenvalue weighted by molar-refractivity contribution is 0.508. The number of hydrogen-bond acceptors (Lipinski definition) is 2. The van der Waals surface area contributed by atoms with Crippen LogP contribution in [0.3, 0.4) is 0 Å². The maximum absolute atomic E-state index is 9.00. The molecule has 1 atom stereocenters. The number of nitriles is 1. The lowest BCUT2D eigenvalue weighted by atomic mass is 9.95. The number of allylic oxidation sites excluding steroid dienone is 1. The van der Waals surface area contributed by atoms with Crippen LogP contribution in [0.5, 0.6) is 0 Å². The molecule has 82 valence electrons. The number of nitrogens with one attached hydrogen (secondary N) is 1. The normalized spacial score (nSPS) is 19.9. The molecular formula is C14H16N2. The zero-order chi connectivity index (χ0) is 11.2. The van der Waals surface area contributed by atoms with Crippen LogP contribution < -0.4 is 5.32 Å². The molecule has 0 bridgehead atoms. The van der Waals surface area contributed by atoms with Crippen molar-refractivity contribution in [3.63, 3.8) is 0 Å². The molecule has 0 spiro atoms. The van der Waals surface area contributed by atoms with E-state index in [1.165, 1.54) is 12.0 Å². The Bertz CT molecular complexity index is 400. The Balaban J connectivity index is 1.93. The summed E-state index contributed by atoms with van der Waals surface area (Å²) in [5.41, 5.74) is 2.17. The molecule has 1 aromatic carbocycles. The van der Waals surface area contributed by atoms with Gasteiger partial charge in [-0.1, -0.05) is 36.4 Å². The van der Waals surface area contributed by atoms with Gasteiger partial charge in [-0.05, 0) is 24.8 Å². The standard InChI is InChI=1S/C14H16N2/c15-10-13-8-4-5-9-14(13)16-11-12-6-2-1-3-7-12/h1-3,6-8,14,16H,4-5,9,11H2/t14-/m0/s1. The van der Waals surface area contributed by atoms with E-state index in [2.05, 4.69) is 29.6 Å². The average molecular weight is 212 g/mol. The molecule has 16 heavy (non-hydrogen) atoms. The van der Waals surface area contributed by atoms with Crippen LogP contribution >= 0.6 is 0 Å². The SMILES string of the molecule is N#CC1=CCCC[C@@H]1NCc1ccccc1. The zero-order valence-corrected chi connectivity index (χ0v) is 9.32. The summed E-state index contributed by atoms with van der Waals surface area (Å²) < 4.78 is 0. The number of nitrogens with zero attached hydrogens (tertiary/aromatic N) is 1. The van der Waals surface area contributed by atoms with E-state index in [0.29, 0.717) is 0 Å². The van der Waals surface area contributed by atoms with Gasteiger partial charge in [0.05, 0.1) is 6.07 Å². The molecule has 0 heterocycles. The quantitative estimate of drug-likeness (QED) is 0.836. The first-order valence-electron chi connectivity index (χ1n) is 5.77.